The Kier molecular flexibility index (Phi) is 3.98. The van der Waals surface area contributed by atoms with Crippen molar-refractivity contribution in [2.45, 2.75) is 12.5 Å². The number of hydrogen-bond donors (Lipinski definition) is 0. The number of imide groups is 1. The van der Waals surface area contributed by atoms with Crippen LogP contribution in [0, 0.1) is 45.5 Å². The Bertz CT molecular complexity index is 1250. The molecule has 8 nitrogen and oxygen atoms in total. The predicted octanol–water partition coefficient (Wildman–Crippen LogP) is 3.56. The molecule has 4 aliphatic rings. The van der Waals surface area contributed by atoms with Gasteiger partial charge in [0, 0.05) is 29.5 Å². The van der Waals surface area contributed by atoms with E-state index in [1.54, 1.807) is 12.1 Å². The molecule has 0 unspecified atom stereocenters. The largest absolute Gasteiger partial charge is 0.391 e. The molecule has 2 aromatic rings. The molecule has 2 heterocycles. The number of fused-ring (bicyclic) bond motifs is 8. The van der Waals surface area contributed by atoms with Gasteiger partial charge < -0.3 is 4.84 Å². The highest BCUT2D eigenvalue weighted by molar-refractivity contribution is 6.31. The minimum atomic E-state index is -0.629. The maximum Gasteiger partial charge on any atom is 0.270 e. The van der Waals surface area contributed by atoms with E-state index in [4.69, 9.17) is 16.4 Å². The lowest BCUT2D eigenvalue weighted by Gasteiger charge is -2.29. The number of oxime groups is 1. The summed E-state index contributed by atoms with van der Waals surface area (Å²) in [4.78, 5) is 44.1. The Balaban J connectivity index is 1.34. The highest BCUT2D eigenvalue weighted by atomic mass is 35.5. The van der Waals surface area contributed by atoms with Crippen molar-refractivity contribution >= 4 is 40.5 Å². The number of nitrogens with zero attached hydrogens (tertiary/aromatic N) is 3. The third-order valence-electron chi connectivity index (χ3n) is 7.20. The monoisotopic (exact) mass is 455 g/mol. The Morgan fingerprint density at radius 1 is 1.09 bits per heavy atom. The number of halogens is 2. The topological polar surface area (TPSA) is 102 Å². The van der Waals surface area contributed by atoms with Gasteiger partial charge in [0.05, 0.1) is 33.2 Å². The molecule has 0 N–H and O–H groups in total. The van der Waals surface area contributed by atoms with Crippen LogP contribution < -0.4 is 4.90 Å². The van der Waals surface area contributed by atoms with E-state index in [-0.39, 0.29) is 52.1 Å². The molecule has 10 heteroatoms. The van der Waals surface area contributed by atoms with Gasteiger partial charge in [0.1, 0.15) is 11.9 Å². The third-order valence-corrected chi connectivity index (χ3v) is 7.49. The molecule has 162 valence electrons. The number of carbonyl (C=O) groups is 2. The van der Waals surface area contributed by atoms with Crippen LogP contribution >= 0.6 is 11.6 Å². The first-order chi connectivity index (χ1) is 15.4. The van der Waals surface area contributed by atoms with Gasteiger partial charge in [0.2, 0.25) is 11.8 Å². The molecule has 0 spiro atoms. The number of nitro benzene ring substituents is 1. The molecule has 1 saturated heterocycles. The molecule has 2 saturated carbocycles. The van der Waals surface area contributed by atoms with Gasteiger partial charge in [-0.2, -0.15) is 0 Å². The first-order valence-electron chi connectivity index (χ1n) is 10.2. The number of carbonyl (C=O) groups excluding carboxylic acids is 2. The number of benzene rings is 2. The molecule has 2 aromatic carbocycles. The van der Waals surface area contributed by atoms with E-state index in [0.29, 0.717) is 17.7 Å². The lowest BCUT2D eigenvalue weighted by atomic mass is 9.71. The molecule has 2 aliphatic heterocycles. The fraction of sp³-hybridized carbons (Fsp3) is 0.318. The summed E-state index contributed by atoms with van der Waals surface area (Å²) in [7, 11) is 0. The van der Waals surface area contributed by atoms with Gasteiger partial charge in [0.25, 0.3) is 5.69 Å². The Labute approximate surface area is 185 Å². The third kappa shape index (κ3) is 2.45. The van der Waals surface area contributed by atoms with E-state index in [2.05, 4.69) is 5.16 Å². The zero-order chi connectivity index (χ0) is 22.3. The number of nitro groups is 1. The number of anilines is 1. The number of non-ortho nitro benzene ring substituents is 1. The number of rotatable bonds is 3. The van der Waals surface area contributed by atoms with Crippen molar-refractivity contribution < 1.29 is 23.7 Å². The highest BCUT2D eigenvalue weighted by Gasteiger charge is 2.70. The van der Waals surface area contributed by atoms with Gasteiger partial charge in [-0.15, -0.1) is 0 Å². The van der Waals surface area contributed by atoms with Gasteiger partial charge in [0.15, 0.2) is 0 Å². The lowest BCUT2D eigenvalue weighted by Crippen LogP contribution is -2.41. The zero-order valence-corrected chi connectivity index (χ0v) is 17.1. The summed E-state index contributed by atoms with van der Waals surface area (Å²) in [5, 5.41) is 15.2. The van der Waals surface area contributed by atoms with Gasteiger partial charge in [-0.25, -0.2) is 9.29 Å². The van der Waals surface area contributed by atoms with Crippen LogP contribution in [-0.2, 0) is 14.4 Å². The fourth-order valence-corrected chi connectivity index (χ4v) is 6.20. The van der Waals surface area contributed by atoms with Crippen molar-refractivity contribution in [1.29, 1.82) is 0 Å². The fourth-order valence-electron chi connectivity index (χ4n) is 6.02. The lowest BCUT2D eigenvalue weighted by molar-refractivity contribution is -0.384. The molecule has 6 atom stereocenters. The summed E-state index contributed by atoms with van der Waals surface area (Å²) in [6.45, 7) is 0. The van der Waals surface area contributed by atoms with E-state index in [1.807, 2.05) is 0 Å². The maximum atomic E-state index is 13.6. The van der Waals surface area contributed by atoms with Crippen LogP contribution in [0.1, 0.15) is 12.0 Å². The van der Waals surface area contributed by atoms with Gasteiger partial charge in [-0.05, 0) is 30.5 Å². The standard InChI is InChI=1S/C22H15ClFN3O5/c23-14-7-10(4-5-15(14)24)26-21(28)16-12-8-13(17(16)22(26)29)20-18(12)19(25-32-20)9-2-1-3-11(6-9)27(30)31/h1-7,12-13,16-18,20H,8H2/t12-,13-,16+,17-,18-,20-/m1/s1. The van der Waals surface area contributed by atoms with Crippen LogP contribution in [0.4, 0.5) is 15.8 Å². The van der Waals surface area contributed by atoms with Crippen molar-refractivity contribution in [2.75, 3.05) is 4.90 Å². The number of hydrogen-bond acceptors (Lipinski definition) is 6. The number of amides is 2. The van der Waals surface area contributed by atoms with E-state index < -0.39 is 22.6 Å². The molecule has 32 heavy (non-hydrogen) atoms. The predicted molar refractivity (Wildman–Crippen MR) is 110 cm³/mol. The summed E-state index contributed by atoms with van der Waals surface area (Å²) in [6, 6.07) is 9.95. The van der Waals surface area contributed by atoms with Gasteiger partial charge >= 0.3 is 0 Å². The van der Waals surface area contributed by atoms with Crippen molar-refractivity contribution in [1.82, 2.24) is 0 Å². The quantitative estimate of drug-likeness (QED) is 0.400. The van der Waals surface area contributed by atoms with E-state index in [9.17, 15) is 24.1 Å². The van der Waals surface area contributed by atoms with Crippen molar-refractivity contribution in [3.63, 3.8) is 0 Å². The minimum Gasteiger partial charge on any atom is -0.391 e. The summed E-state index contributed by atoms with van der Waals surface area (Å²) < 4.78 is 13.6. The van der Waals surface area contributed by atoms with Crippen LogP contribution in [0.25, 0.3) is 0 Å². The highest BCUT2D eigenvalue weighted by Crippen LogP contribution is 2.62. The average Bonchev–Trinajstić information content (AvgIpc) is 3.50. The van der Waals surface area contributed by atoms with Crippen LogP contribution in [0.5, 0.6) is 0 Å². The molecule has 2 bridgehead atoms. The Morgan fingerprint density at radius 3 is 2.56 bits per heavy atom. The second-order valence-corrected chi connectivity index (χ2v) is 9.01. The summed E-state index contributed by atoms with van der Waals surface area (Å²) in [6.07, 6.45) is 0.290. The average molecular weight is 456 g/mol. The van der Waals surface area contributed by atoms with Crippen molar-refractivity contribution in [2.24, 2.45) is 34.7 Å². The van der Waals surface area contributed by atoms with E-state index in [1.165, 1.54) is 24.3 Å². The molecular weight excluding hydrogens is 441 g/mol. The summed E-state index contributed by atoms with van der Waals surface area (Å²) in [5.41, 5.74) is 1.35. The summed E-state index contributed by atoms with van der Waals surface area (Å²) in [5.74, 6) is -2.95. The molecule has 2 aliphatic carbocycles. The van der Waals surface area contributed by atoms with Gasteiger partial charge in [-0.3, -0.25) is 19.7 Å². The minimum absolute atomic E-state index is 0.0545. The van der Waals surface area contributed by atoms with E-state index >= 15 is 0 Å². The van der Waals surface area contributed by atoms with E-state index in [0.717, 1.165) is 11.0 Å². The van der Waals surface area contributed by atoms with Crippen molar-refractivity contribution in [3.05, 3.63) is 69.0 Å². The van der Waals surface area contributed by atoms with Crippen LogP contribution in [0.15, 0.2) is 47.6 Å². The van der Waals surface area contributed by atoms with Gasteiger partial charge in [-0.1, -0.05) is 28.9 Å². The summed E-state index contributed by atoms with van der Waals surface area (Å²) >= 11 is 5.87. The smallest absolute Gasteiger partial charge is 0.270 e. The first-order valence-corrected chi connectivity index (χ1v) is 10.6. The van der Waals surface area contributed by atoms with Crippen LogP contribution in [-0.4, -0.2) is 28.6 Å². The molecule has 6 rings (SSSR count). The van der Waals surface area contributed by atoms with Crippen LogP contribution in [0.2, 0.25) is 5.02 Å². The zero-order valence-electron chi connectivity index (χ0n) is 16.4. The van der Waals surface area contributed by atoms with Crippen LogP contribution in [0.3, 0.4) is 0 Å². The molecular formula is C22H15ClFN3O5. The first kappa shape index (κ1) is 19.4. The molecule has 2 amide bonds. The molecule has 0 aromatic heterocycles. The normalized spacial score (nSPS) is 32.1. The molecule has 3 fully saturated rings. The Morgan fingerprint density at radius 2 is 1.84 bits per heavy atom. The second kappa shape index (κ2) is 6.59. The van der Waals surface area contributed by atoms with Crippen molar-refractivity contribution in [3.8, 4) is 0 Å². The SMILES string of the molecule is O=C1[C@@H]2[C@H]3C[C@@H]([C@@H]4C(c5cccc([N+](=O)[O-])c5)=NO[C@H]34)[C@@H]2C(=O)N1c1ccc(F)c(Cl)c1. The molecule has 0 radical (unpaired) electrons. The maximum absolute atomic E-state index is 13.6. The second-order valence-electron chi connectivity index (χ2n) is 8.61. The Hall–Kier alpha value is -3.33.